The van der Waals surface area contributed by atoms with Gasteiger partial charge in [-0.15, -0.1) is 0 Å². The van der Waals surface area contributed by atoms with Gasteiger partial charge in [-0.3, -0.25) is 0 Å². The zero-order valence-corrected chi connectivity index (χ0v) is 7.55. The monoisotopic (exact) mass is 189 g/mol. The molecule has 0 saturated heterocycles. The summed E-state index contributed by atoms with van der Waals surface area (Å²) < 4.78 is 0. The number of anilines is 1. The van der Waals surface area contributed by atoms with Gasteiger partial charge in [0.25, 0.3) is 0 Å². The Morgan fingerprint density at radius 2 is 1.93 bits per heavy atom. The second kappa shape index (κ2) is 5.59. The molecule has 0 amide bonds. The summed E-state index contributed by atoms with van der Waals surface area (Å²) in [6.45, 7) is 0. The highest BCUT2D eigenvalue weighted by molar-refractivity contribution is 5.80. The maximum atomic E-state index is 10.1. The summed E-state index contributed by atoms with van der Waals surface area (Å²) in [5, 5.41) is 11.3. The van der Waals surface area contributed by atoms with Gasteiger partial charge in [0.05, 0.1) is 0 Å². The number of hydrogen-bond donors (Lipinski definition) is 2. The molecule has 0 saturated carbocycles. The lowest BCUT2D eigenvalue weighted by Crippen LogP contribution is -1.86. The number of carboxylic acid groups (broad SMARTS) is 1. The molecule has 0 radical (unpaired) electrons. The van der Waals surface area contributed by atoms with E-state index in [0.29, 0.717) is 0 Å². The first-order valence-electron chi connectivity index (χ1n) is 4.17. The molecular formula is C11H11NO2. The third-order valence-electron chi connectivity index (χ3n) is 1.47. The second-order valence-corrected chi connectivity index (χ2v) is 2.57. The molecule has 0 aliphatic rings. The molecule has 0 heterocycles. The van der Waals surface area contributed by atoms with Crippen LogP contribution >= 0.6 is 0 Å². The van der Waals surface area contributed by atoms with Gasteiger partial charge in [0, 0.05) is 18.0 Å². The molecule has 0 aliphatic heterocycles. The van der Waals surface area contributed by atoms with Gasteiger partial charge in [0.15, 0.2) is 0 Å². The summed E-state index contributed by atoms with van der Waals surface area (Å²) in [6.07, 6.45) is 5.83. The van der Waals surface area contributed by atoms with Crippen LogP contribution in [0.2, 0.25) is 0 Å². The number of carbonyl (C=O) groups is 1. The highest BCUT2D eigenvalue weighted by Gasteiger charge is 1.83. The van der Waals surface area contributed by atoms with Crippen LogP contribution in [0.1, 0.15) is 0 Å². The summed E-state index contributed by atoms with van der Waals surface area (Å²) in [5.41, 5.74) is 0.965. The van der Waals surface area contributed by atoms with Crippen molar-refractivity contribution < 1.29 is 9.90 Å². The Kier molecular flexibility index (Phi) is 4.01. The molecule has 0 spiro atoms. The van der Waals surface area contributed by atoms with Crippen LogP contribution in [0.15, 0.2) is 54.8 Å². The van der Waals surface area contributed by atoms with Gasteiger partial charge < -0.3 is 10.4 Å². The number of nitrogens with one attached hydrogen (secondary N) is 1. The maximum Gasteiger partial charge on any atom is 0.328 e. The topological polar surface area (TPSA) is 49.3 Å². The first-order valence-corrected chi connectivity index (χ1v) is 4.17. The zero-order chi connectivity index (χ0) is 10.2. The second-order valence-electron chi connectivity index (χ2n) is 2.57. The predicted molar refractivity (Wildman–Crippen MR) is 56.0 cm³/mol. The number of carboxylic acids is 1. The molecule has 1 aromatic carbocycles. The Morgan fingerprint density at radius 3 is 2.57 bits per heavy atom. The summed E-state index contributed by atoms with van der Waals surface area (Å²) in [7, 11) is 0. The van der Waals surface area contributed by atoms with Crippen LogP contribution in [0.3, 0.4) is 0 Å². The minimum atomic E-state index is -0.950. The van der Waals surface area contributed by atoms with Crippen LogP contribution in [-0.2, 0) is 4.79 Å². The molecule has 0 aliphatic carbocycles. The summed E-state index contributed by atoms with van der Waals surface area (Å²) in [5.74, 6) is -0.950. The molecule has 3 heteroatoms. The largest absolute Gasteiger partial charge is 0.478 e. The molecule has 2 N–H and O–H groups in total. The van der Waals surface area contributed by atoms with Crippen molar-refractivity contribution in [3.63, 3.8) is 0 Å². The fourth-order valence-electron chi connectivity index (χ4n) is 0.872. The minimum absolute atomic E-state index is 0.950. The first-order chi connectivity index (χ1) is 6.79. The van der Waals surface area contributed by atoms with E-state index in [-0.39, 0.29) is 0 Å². The molecule has 1 aromatic rings. The van der Waals surface area contributed by atoms with Gasteiger partial charge in [-0.05, 0) is 18.2 Å². The van der Waals surface area contributed by atoms with E-state index in [9.17, 15) is 4.79 Å². The Balaban J connectivity index is 2.38. The van der Waals surface area contributed by atoms with Gasteiger partial charge in [-0.25, -0.2) is 4.79 Å². The highest BCUT2D eigenvalue weighted by Crippen LogP contribution is 2.03. The van der Waals surface area contributed by atoms with Crippen molar-refractivity contribution in [3.05, 3.63) is 54.8 Å². The van der Waals surface area contributed by atoms with Crippen LogP contribution in [0.5, 0.6) is 0 Å². The van der Waals surface area contributed by atoms with E-state index in [1.807, 2.05) is 30.3 Å². The number of rotatable bonds is 4. The van der Waals surface area contributed by atoms with Crippen molar-refractivity contribution in [3.8, 4) is 0 Å². The Bertz CT molecular complexity index is 342. The number of benzene rings is 1. The number of hydrogen-bond acceptors (Lipinski definition) is 2. The molecule has 72 valence electrons. The molecule has 0 atom stereocenters. The van der Waals surface area contributed by atoms with Crippen molar-refractivity contribution in [1.82, 2.24) is 0 Å². The van der Waals surface area contributed by atoms with Gasteiger partial charge in [0.2, 0.25) is 0 Å². The fourth-order valence-corrected chi connectivity index (χ4v) is 0.872. The van der Waals surface area contributed by atoms with E-state index in [1.54, 1.807) is 12.3 Å². The normalized spacial score (nSPS) is 10.9. The molecule has 0 bridgehead atoms. The number of aliphatic carboxylic acids is 1. The summed E-state index contributed by atoms with van der Waals surface area (Å²) >= 11 is 0. The molecule has 0 unspecified atom stereocenters. The maximum absolute atomic E-state index is 10.1. The van der Waals surface area contributed by atoms with E-state index in [0.717, 1.165) is 11.8 Å². The van der Waals surface area contributed by atoms with Crippen molar-refractivity contribution in [2.45, 2.75) is 0 Å². The lowest BCUT2D eigenvalue weighted by Gasteiger charge is -1.96. The first kappa shape index (κ1) is 10.1. The van der Waals surface area contributed by atoms with Crippen LogP contribution in [0.25, 0.3) is 0 Å². The van der Waals surface area contributed by atoms with E-state index >= 15 is 0 Å². The molecule has 3 nitrogen and oxygen atoms in total. The minimum Gasteiger partial charge on any atom is -0.478 e. The van der Waals surface area contributed by atoms with Crippen LogP contribution < -0.4 is 5.32 Å². The van der Waals surface area contributed by atoms with Crippen molar-refractivity contribution in [1.29, 1.82) is 0 Å². The average molecular weight is 189 g/mol. The van der Waals surface area contributed by atoms with Gasteiger partial charge in [0.1, 0.15) is 0 Å². The molecular weight excluding hydrogens is 178 g/mol. The average Bonchev–Trinajstić information content (AvgIpc) is 2.18. The lowest BCUT2D eigenvalue weighted by molar-refractivity contribution is -0.131. The van der Waals surface area contributed by atoms with Crippen LogP contribution in [-0.4, -0.2) is 11.1 Å². The van der Waals surface area contributed by atoms with Crippen molar-refractivity contribution in [2.24, 2.45) is 0 Å². The van der Waals surface area contributed by atoms with Crippen LogP contribution in [0, 0.1) is 0 Å². The quantitative estimate of drug-likeness (QED) is 0.564. The molecule has 1 rings (SSSR count). The number of allylic oxidation sites excluding steroid dienone is 2. The predicted octanol–water partition coefficient (Wildman–Crippen LogP) is 2.25. The van der Waals surface area contributed by atoms with Gasteiger partial charge in [-0.2, -0.15) is 0 Å². The standard InChI is InChI=1S/C11H11NO2/c13-11(14)8-4-5-9-12-10-6-2-1-3-7-10/h1-9,12H,(H,13,14). The lowest BCUT2D eigenvalue weighted by atomic mass is 10.3. The smallest absolute Gasteiger partial charge is 0.328 e. The Labute approximate surface area is 82.4 Å². The van der Waals surface area contributed by atoms with Crippen LogP contribution in [0.4, 0.5) is 5.69 Å². The zero-order valence-electron chi connectivity index (χ0n) is 7.55. The SMILES string of the molecule is O=C(O)C=CC=CNc1ccccc1. The Hall–Kier alpha value is -2.03. The van der Waals surface area contributed by atoms with Crippen molar-refractivity contribution >= 4 is 11.7 Å². The highest BCUT2D eigenvalue weighted by atomic mass is 16.4. The van der Waals surface area contributed by atoms with Gasteiger partial charge in [-0.1, -0.05) is 24.3 Å². The Morgan fingerprint density at radius 1 is 1.21 bits per heavy atom. The van der Waals surface area contributed by atoms with E-state index in [2.05, 4.69) is 5.32 Å². The fraction of sp³-hybridized carbons (Fsp3) is 0. The van der Waals surface area contributed by atoms with Crippen molar-refractivity contribution in [2.75, 3.05) is 5.32 Å². The van der Waals surface area contributed by atoms with Gasteiger partial charge >= 0.3 is 5.97 Å². The third kappa shape index (κ3) is 4.11. The molecule has 14 heavy (non-hydrogen) atoms. The van der Waals surface area contributed by atoms with E-state index in [1.165, 1.54) is 6.08 Å². The molecule has 0 fully saturated rings. The van der Waals surface area contributed by atoms with E-state index in [4.69, 9.17) is 5.11 Å². The summed E-state index contributed by atoms with van der Waals surface area (Å²) in [6, 6.07) is 9.61. The molecule has 0 aromatic heterocycles. The van der Waals surface area contributed by atoms with E-state index < -0.39 is 5.97 Å². The number of para-hydroxylation sites is 1. The summed E-state index contributed by atoms with van der Waals surface area (Å²) in [4.78, 5) is 10.1. The third-order valence-corrected chi connectivity index (χ3v) is 1.47.